The molecule has 0 saturated carbocycles. The molecule has 1 unspecified atom stereocenters. The summed E-state index contributed by atoms with van der Waals surface area (Å²) < 4.78 is 37.6. The fourth-order valence-corrected chi connectivity index (χ4v) is 4.98. The SMILES string of the molecule is COc1ccc(C(=O)C(C)OC(=O)c2ccc(S(=O)(=O)N3CCCCCC3)cc2)cc1. The highest BCUT2D eigenvalue weighted by Gasteiger charge is 2.26. The van der Waals surface area contributed by atoms with Crippen LogP contribution in [0.3, 0.4) is 0 Å². The van der Waals surface area contributed by atoms with E-state index in [0.717, 1.165) is 25.7 Å². The fraction of sp³-hybridized carbons (Fsp3) is 0.391. The van der Waals surface area contributed by atoms with E-state index in [1.165, 1.54) is 42.6 Å². The molecule has 0 radical (unpaired) electrons. The largest absolute Gasteiger partial charge is 0.497 e. The van der Waals surface area contributed by atoms with Crippen molar-refractivity contribution in [2.45, 2.75) is 43.6 Å². The monoisotopic (exact) mass is 445 g/mol. The number of nitrogens with zero attached hydrogens (tertiary/aromatic N) is 1. The van der Waals surface area contributed by atoms with Crippen LogP contribution in [0.4, 0.5) is 0 Å². The second-order valence-electron chi connectivity index (χ2n) is 7.48. The van der Waals surface area contributed by atoms with Crippen molar-refractivity contribution in [3.05, 3.63) is 59.7 Å². The van der Waals surface area contributed by atoms with Crippen molar-refractivity contribution < 1.29 is 27.5 Å². The maximum absolute atomic E-state index is 12.8. The van der Waals surface area contributed by atoms with Gasteiger partial charge < -0.3 is 9.47 Å². The molecule has 0 aliphatic carbocycles. The van der Waals surface area contributed by atoms with Crippen molar-refractivity contribution in [3.63, 3.8) is 0 Å². The molecule has 1 saturated heterocycles. The maximum atomic E-state index is 12.8. The van der Waals surface area contributed by atoms with Gasteiger partial charge in [0.05, 0.1) is 17.6 Å². The number of esters is 1. The van der Waals surface area contributed by atoms with Gasteiger partial charge in [0, 0.05) is 18.7 Å². The lowest BCUT2D eigenvalue weighted by Crippen LogP contribution is -2.32. The number of Topliss-reactive ketones (excluding diaryl/α,β-unsaturated/α-hetero) is 1. The van der Waals surface area contributed by atoms with Gasteiger partial charge in [-0.1, -0.05) is 12.8 Å². The standard InChI is InChI=1S/C23H27NO6S/c1-17(22(25)18-7-11-20(29-2)12-8-18)30-23(26)19-9-13-21(14-10-19)31(27,28)24-15-5-3-4-6-16-24/h7-14,17H,3-6,15-16H2,1-2H3. The molecule has 0 spiro atoms. The Labute approximate surface area is 183 Å². The van der Waals surface area contributed by atoms with Crippen LogP contribution >= 0.6 is 0 Å². The van der Waals surface area contributed by atoms with Gasteiger partial charge in [-0.2, -0.15) is 4.31 Å². The maximum Gasteiger partial charge on any atom is 0.338 e. The fourth-order valence-electron chi connectivity index (χ4n) is 3.47. The van der Waals surface area contributed by atoms with Gasteiger partial charge in [0.25, 0.3) is 0 Å². The first kappa shape index (κ1) is 23.0. The molecule has 1 aliphatic heterocycles. The van der Waals surface area contributed by atoms with Crippen molar-refractivity contribution in [3.8, 4) is 5.75 Å². The average molecular weight is 446 g/mol. The zero-order chi connectivity index (χ0) is 22.4. The molecule has 166 valence electrons. The van der Waals surface area contributed by atoms with Crippen molar-refractivity contribution >= 4 is 21.8 Å². The number of carbonyl (C=O) groups is 2. The van der Waals surface area contributed by atoms with Crippen LogP contribution in [0.2, 0.25) is 0 Å². The highest BCUT2D eigenvalue weighted by atomic mass is 32.2. The number of methoxy groups -OCH3 is 1. The van der Waals surface area contributed by atoms with Crippen LogP contribution < -0.4 is 4.74 Å². The zero-order valence-electron chi connectivity index (χ0n) is 17.7. The van der Waals surface area contributed by atoms with Crippen molar-refractivity contribution in [2.24, 2.45) is 0 Å². The zero-order valence-corrected chi connectivity index (χ0v) is 18.6. The topological polar surface area (TPSA) is 90.0 Å². The predicted octanol–water partition coefficient (Wildman–Crippen LogP) is 3.69. The van der Waals surface area contributed by atoms with Gasteiger partial charge in [0.15, 0.2) is 6.10 Å². The van der Waals surface area contributed by atoms with Gasteiger partial charge in [-0.05, 0) is 68.3 Å². The van der Waals surface area contributed by atoms with Gasteiger partial charge in [0.1, 0.15) is 5.75 Å². The summed E-state index contributed by atoms with van der Waals surface area (Å²) in [6.07, 6.45) is 2.78. The van der Waals surface area contributed by atoms with Crippen molar-refractivity contribution in [1.82, 2.24) is 4.31 Å². The number of hydrogen-bond donors (Lipinski definition) is 0. The number of hydrogen-bond acceptors (Lipinski definition) is 6. The lowest BCUT2D eigenvalue weighted by molar-refractivity contribution is 0.0318. The summed E-state index contributed by atoms with van der Waals surface area (Å²) in [6, 6.07) is 12.2. The number of ether oxygens (including phenoxy) is 2. The van der Waals surface area contributed by atoms with Gasteiger partial charge >= 0.3 is 5.97 Å². The molecule has 0 bridgehead atoms. The van der Waals surface area contributed by atoms with Crippen LogP contribution in [-0.2, 0) is 14.8 Å². The van der Waals surface area contributed by atoms with E-state index < -0.39 is 22.1 Å². The van der Waals surface area contributed by atoms with E-state index in [0.29, 0.717) is 24.4 Å². The summed E-state index contributed by atoms with van der Waals surface area (Å²) in [4.78, 5) is 25.1. The molecular weight excluding hydrogens is 418 g/mol. The van der Waals surface area contributed by atoms with Crippen LogP contribution in [0.15, 0.2) is 53.4 Å². The number of carbonyl (C=O) groups excluding carboxylic acids is 2. The smallest absolute Gasteiger partial charge is 0.338 e. The van der Waals surface area contributed by atoms with E-state index in [-0.39, 0.29) is 16.2 Å². The highest BCUT2D eigenvalue weighted by molar-refractivity contribution is 7.89. The highest BCUT2D eigenvalue weighted by Crippen LogP contribution is 2.21. The predicted molar refractivity (Wildman–Crippen MR) is 116 cm³/mol. The van der Waals surface area contributed by atoms with Crippen LogP contribution in [0.1, 0.15) is 53.3 Å². The van der Waals surface area contributed by atoms with Crippen LogP contribution in [0.25, 0.3) is 0 Å². The summed E-state index contributed by atoms with van der Waals surface area (Å²) in [7, 11) is -2.06. The second-order valence-corrected chi connectivity index (χ2v) is 9.42. The minimum absolute atomic E-state index is 0.147. The lowest BCUT2D eigenvalue weighted by atomic mass is 10.1. The number of sulfonamides is 1. The average Bonchev–Trinajstić information content (AvgIpc) is 3.09. The summed E-state index contributed by atoms with van der Waals surface area (Å²) in [6.45, 7) is 2.52. The van der Waals surface area contributed by atoms with E-state index in [9.17, 15) is 18.0 Å². The molecule has 31 heavy (non-hydrogen) atoms. The summed E-state index contributed by atoms with van der Waals surface area (Å²) in [5.41, 5.74) is 0.587. The Morgan fingerprint density at radius 2 is 1.42 bits per heavy atom. The molecule has 2 aromatic carbocycles. The Balaban J connectivity index is 1.66. The molecule has 1 heterocycles. The first-order valence-corrected chi connectivity index (χ1v) is 11.8. The van der Waals surface area contributed by atoms with Crippen LogP contribution in [0.5, 0.6) is 5.75 Å². The molecule has 1 aliphatic rings. The van der Waals surface area contributed by atoms with Gasteiger partial charge in [0.2, 0.25) is 15.8 Å². The molecule has 0 aromatic heterocycles. The van der Waals surface area contributed by atoms with E-state index in [1.54, 1.807) is 24.3 Å². The summed E-state index contributed by atoms with van der Waals surface area (Å²) in [5, 5.41) is 0. The Bertz CT molecular complexity index is 1010. The van der Waals surface area contributed by atoms with Crippen LogP contribution in [0, 0.1) is 0 Å². The molecule has 7 nitrogen and oxygen atoms in total. The second kappa shape index (κ2) is 10.1. The van der Waals surface area contributed by atoms with Gasteiger partial charge in [-0.25, -0.2) is 13.2 Å². The van der Waals surface area contributed by atoms with E-state index >= 15 is 0 Å². The molecule has 1 atom stereocenters. The lowest BCUT2D eigenvalue weighted by Gasteiger charge is -2.20. The van der Waals surface area contributed by atoms with E-state index in [2.05, 4.69) is 0 Å². The molecule has 2 aromatic rings. The molecule has 0 N–H and O–H groups in total. The minimum Gasteiger partial charge on any atom is -0.497 e. The normalized spacial score (nSPS) is 16.2. The number of benzene rings is 2. The van der Waals surface area contributed by atoms with Gasteiger partial charge in [-0.15, -0.1) is 0 Å². The number of ketones is 1. The third-order valence-electron chi connectivity index (χ3n) is 5.32. The quantitative estimate of drug-likeness (QED) is 0.477. The third-order valence-corrected chi connectivity index (χ3v) is 7.23. The van der Waals surface area contributed by atoms with Crippen LogP contribution in [-0.4, -0.2) is 50.8 Å². The Kier molecular flexibility index (Phi) is 7.46. The van der Waals surface area contributed by atoms with E-state index in [1.807, 2.05) is 0 Å². The summed E-state index contributed by atoms with van der Waals surface area (Å²) in [5.74, 6) is -0.402. The van der Waals surface area contributed by atoms with E-state index in [4.69, 9.17) is 9.47 Å². The third kappa shape index (κ3) is 5.51. The molecule has 1 fully saturated rings. The summed E-state index contributed by atoms with van der Waals surface area (Å²) >= 11 is 0. The van der Waals surface area contributed by atoms with Gasteiger partial charge in [-0.3, -0.25) is 4.79 Å². The Morgan fingerprint density at radius 3 is 1.97 bits per heavy atom. The van der Waals surface area contributed by atoms with Crippen molar-refractivity contribution in [2.75, 3.05) is 20.2 Å². The molecule has 0 amide bonds. The first-order valence-electron chi connectivity index (χ1n) is 10.3. The Hall–Kier alpha value is -2.71. The Morgan fingerprint density at radius 1 is 0.871 bits per heavy atom. The molecular formula is C23H27NO6S. The molecule has 3 rings (SSSR count). The molecule has 8 heteroatoms. The number of rotatable bonds is 7. The van der Waals surface area contributed by atoms with Crippen molar-refractivity contribution in [1.29, 1.82) is 0 Å². The first-order chi connectivity index (χ1) is 14.8. The minimum atomic E-state index is -3.59.